The summed E-state index contributed by atoms with van der Waals surface area (Å²) in [6, 6.07) is 0. The minimum absolute atomic E-state index is 0.311. The van der Waals surface area contributed by atoms with Crippen LogP contribution < -0.4 is 0 Å². The van der Waals surface area contributed by atoms with Crippen molar-refractivity contribution in [2.24, 2.45) is 11.1 Å². The number of hydrogen-bond donors (Lipinski definition) is 0. The van der Waals surface area contributed by atoms with E-state index in [1.54, 1.807) is 0 Å². The van der Waals surface area contributed by atoms with E-state index >= 15 is 0 Å². The summed E-state index contributed by atoms with van der Waals surface area (Å²) < 4.78 is 4.94. The molecule has 1 aliphatic heterocycles. The first kappa shape index (κ1) is 8.53. The normalized spacial score (nSPS) is 23.0. The van der Waals surface area contributed by atoms with Crippen LogP contribution in [0.25, 0.3) is 0 Å². The third-order valence-corrected chi connectivity index (χ3v) is 1.39. The van der Waals surface area contributed by atoms with Crippen molar-refractivity contribution in [2.45, 2.75) is 26.4 Å². The Morgan fingerprint density at radius 3 is 3.00 bits per heavy atom. The van der Waals surface area contributed by atoms with Gasteiger partial charge in [0.1, 0.15) is 12.7 Å². The Bertz CT molecular complexity index is 130. The summed E-state index contributed by atoms with van der Waals surface area (Å²) in [5.74, 6) is 0.652. The van der Waals surface area contributed by atoms with Crippen molar-refractivity contribution in [1.29, 1.82) is 0 Å². The second-order valence-electron chi connectivity index (χ2n) is 3.17. The Kier molecular flexibility index (Phi) is 3.36. The van der Waals surface area contributed by atoms with Crippen molar-refractivity contribution in [3.8, 4) is 0 Å². The number of epoxide rings is 1. The van der Waals surface area contributed by atoms with E-state index < -0.39 is 0 Å². The summed E-state index contributed by atoms with van der Waals surface area (Å²) >= 11 is 0. The molecule has 0 aromatic carbocycles. The van der Waals surface area contributed by atoms with Gasteiger partial charge in [-0.3, -0.25) is 0 Å². The zero-order valence-electron chi connectivity index (χ0n) is 7.12. The molecule has 0 saturated carbocycles. The van der Waals surface area contributed by atoms with Gasteiger partial charge in [-0.15, -0.1) is 0 Å². The van der Waals surface area contributed by atoms with Gasteiger partial charge in [0.15, 0.2) is 0 Å². The SMILES string of the molecule is CC(C)C/C=N/OCC1CO1. The summed E-state index contributed by atoms with van der Waals surface area (Å²) in [6.45, 7) is 5.74. The van der Waals surface area contributed by atoms with Gasteiger partial charge in [-0.2, -0.15) is 0 Å². The molecule has 1 unspecified atom stereocenters. The number of ether oxygens (including phenoxy) is 1. The molecule has 1 rings (SSSR count). The van der Waals surface area contributed by atoms with Crippen LogP contribution in [0.1, 0.15) is 20.3 Å². The monoisotopic (exact) mass is 157 g/mol. The molecule has 0 bridgehead atoms. The van der Waals surface area contributed by atoms with Crippen LogP contribution in [0.3, 0.4) is 0 Å². The van der Waals surface area contributed by atoms with Gasteiger partial charge in [0, 0.05) is 6.21 Å². The predicted molar refractivity (Wildman–Crippen MR) is 43.6 cm³/mol. The number of oxime groups is 1. The minimum Gasteiger partial charge on any atom is -0.393 e. The molecule has 0 aromatic heterocycles. The summed E-state index contributed by atoms with van der Waals surface area (Å²) in [5.41, 5.74) is 0. The zero-order chi connectivity index (χ0) is 8.10. The zero-order valence-corrected chi connectivity index (χ0v) is 7.12. The van der Waals surface area contributed by atoms with E-state index in [9.17, 15) is 0 Å². The van der Waals surface area contributed by atoms with Crippen molar-refractivity contribution in [1.82, 2.24) is 0 Å². The first-order valence-corrected chi connectivity index (χ1v) is 4.04. The molecule has 1 heterocycles. The molecule has 1 atom stereocenters. The van der Waals surface area contributed by atoms with Gasteiger partial charge in [-0.25, -0.2) is 0 Å². The average Bonchev–Trinajstić information content (AvgIpc) is 2.70. The predicted octanol–water partition coefficient (Wildman–Crippen LogP) is 1.43. The van der Waals surface area contributed by atoms with Gasteiger partial charge in [0.25, 0.3) is 0 Å². The van der Waals surface area contributed by atoms with Crippen LogP contribution in [0.5, 0.6) is 0 Å². The van der Waals surface area contributed by atoms with Crippen LogP contribution in [0.4, 0.5) is 0 Å². The van der Waals surface area contributed by atoms with Crippen LogP contribution in [-0.2, 0) is 9.57 Å². The summed E-state index contributed by atoms with van der Waals surface area (Å²) in [6.07, 6.45) is 3.10. The van der Waals surface area contributed by atoms with Crippen LogP contribution in [0.15, 0.2) is 5.16 Å². The fraction of sp³-hybridized carbons (Fsp3) is 0.875. The van der Waals surface area contributed by atoms with Gasteiger partial charge in [-0.1, -0.05) is 19.0 Å². The lowest BCUT2D eigenvalue weighted by Gasteiger charge is -1.96. The molecule has 1 aliphatic rings. The second kappa shape index (κ2) is 4.34. The molecule has 0 radical (unpaired) electrons. The van der Waals surface area contributed by atoms with E-state index in [0.717, 1.165) is 13.0 Å². The maximum Gasteiger partial charge on any atom is 0.145 e. The van der Waals surface area contributed by atoms with Gasteiger partial charge in [0.05, 0.1) is 6.61 Å². The van der Waals surface area contributed by atoms with Crippen molar-refractivity contribution in [2.75, 3.05) is 13.2 Å². The van der Waals surface area contributed by atoms with Crippen LogP contribution >= 0.6 is 0 Å². The van der Waals surface area contributed by atoms with E-state index in [1.165, 1.54) is 0 Å². The van der Waals surface area contributed by atoms with Gasteiger partial charge < -0.3 is 9.57 Å². The maximum absolute atomic E-state index is 4.95. The summed E-state index contributed by atoms with van der Waals surface area (Å²) in [5, 5.41) is 3.79. The van der Waals surface area contributed by atoms with E-state index in [-0.39, 0.29) is 0 Å². The van der Waals surface area contributed by atoms with E-state index in [0.29, 0.717) is 18.6 Å². The molecule has 64 valence electrons. The van der Waals surface area contributed by atoms with Crippen LogP contribution in [0, 0.1) is 5.92 Å². The second-order valence-corrected chi connectivity index (χ2v) is 3.17. The molecular formula is C8H15NO2. The quantitative estimate of drug-likeness (QED) is 0.344. The highest BCUT2D eigenvalue weighted by Crippen LogP contribution is 2.08. The smallest absolute Gasteiger partial charge is 0.145 e. The standard InChI is InChI=1S/C8H15NO2/c1-7(2)3-4-9-11-6-8-5-10-8/h4,7-8H,3,5-6H2,1-2H3/b9-4+. The van der Waals surface area contributed by atoms with Gasteiger partial charge in [0.2, 0.25) is 0 Å². The molecule has 11 heavy (non-hydrogen) atoms. The molecule has 0 aromatic rings. The van der Waals surface area contributed by atoms with E-state index in [1.807, 2.05) is 6.21 Å². The third-order valence-electron chi connectivity index (χ3n) is 1.39. The number of rotatable bonds is 5. The molecular weight excluding hydrogens is 142 g/mol. The number of nitrogens with zero attached hydrogens (tertiary/aromatic N) is 1. The van der Waals surface area contributed by atoms with Crippen molar-refractivity contribution in [3.63, 3.8) is 0 Å². The fourth-order valence-corrected chi connectivity index (χ4v) is 0.597. The molecule has 0 spiro atoms. The fourth-order valence-electron chi connectivity index (χ4n) is 0.597. The lowest BCUT2D eigenvalue weighted by atomic mass is 10.2. The van der Waals surface area contributed by atoms with E-state index in [2.05, 4.69) is 19.0 Å². The summed E-state index contributed by atoms with van der Waals surface area (Å²) in [4.78, 5) is 4.95. The van der Waals surface area contributed by atoms with Crippen molar-refractivity contribution in [3.05, 3.63) is 0 Å². The van der Waals surface area contributed by atoms with Gasteiger partial charge >= 0.3 is 0 Å². The third kappa shape index (κ3) is 4.79. The van der Waals surface area contributed by atoms with Crippen LogP contribution in [0.2, 0.25) is 0 Å². The molecule has 0 N–H and O–H groups in total. The highest BCUT2D eigenvalue weighted by Gasteiger charge is 2.22. The topological polar surface area (TPSA) is 34.1 Å². The highest BCUT2D eigenvalue weighted by atomic mass is 16.7. The minimum atomic E-state index is 0.311. The average molecular weight is 157 g/mol. The Morgan fingerprint density at radius 1 is 1.73 bits per heavy atom. The highest BCUT2D eigenvalue weighted by molar-refractivity contribution is 5.56. The molecule has 0 aliphatic carbocycles. The molecule has 3 heteroatoms. The molecule has 0 amide bonds. The van der Waals surface area contributed by atoms with E-state index in [4.69, 9.17) is 9.57 Å². The first-order valence-electron chi connectivity index (χ1n) is 4.04. The maximum atomic E-state index is 4.95. The summed E-state index contributed by atoms with van der Waals surface area (Å²) in [7, 11) is 0. The largest absolute Gasteiger partial charge is 0.393 e. The van der Waals surface area contributed by atoms with Crippen LogP contribution in [-0.4, -0.2) is 25.5 Å². The number of hydrogen-bond acceptors (Lipinski definition) is 3. The molecule has 3 nitrogen and oxygen atoms in total. The molecule has 1 fully saturated rings. The van der Waals surface area contributed by atoms with Crippen molar-refractivity contribution >= 4 is 6.21 Å². The Morgan fingerprint density at radius 2 is 2.45 bits per heavy atom. The Hall–Kier alpha value is -0.570. The lowest BCUT2D eigenvalue weighted by Crippen LogP contribution is -1.96. The Labute approximate surface area is 67.4 Å². The Balaban J connectivity index is 1.87. The van der Waals surface area contributed by atoms with Crippen molar-refractivity contribution < 1.29 is 9.57 Å². The lowest BCUT2D eigenvalue weighted by molar-refractivity contribution is 0.125. The first-order chi connectivity index (χ1) is 5.29. The molecule has 1 saturated heterocycles. The van der Waals surface area contributed by atoms with Gasteiger partial charge in [-0.05, 0) is 12.3 Å².